The van der Waals surface area contributed by atoms with Crippen LogP contribution in [-0.4, -0.2) is 4.98 Å². The monoisotopic (exact) mass is 239 g/mol. The van der Waals surface area contributed by atoms with Crippen LogP contribution in [0.1, 0.15) is 50.7 Å². The molecule has 0 saturated heterocycles. The number of pyridine rings is 1. The lowest BCUT2D eigenvalue weighted by atomic mass is 9.91. The highest BCUT2D eigenvalue weighted by atomic mass is 14.7. The first-order valence-electron chi connectivity index (χ1n) is 6.65. The number of nitrogens with zero attached hydrogens (tertiary/aromatic N) is 1. The van der Waals surface area contributed by atoms with Crippen molar-refractivity contribution >= 4 is 0 Å². The van der Waals surface area contributed by atoms with E-state index in [1.807, 2.05) is 12.3 Å². The largest absolute Gasteiger partial charge is 0.256 e. The molecule has 1 heteroatoms. The average molecular weight is 239 g/mol. The third-order valence-electron chi connectivity index (χ3n) is 3.28. The maximum atomic E-state index is 4.61. The van der Waals surface area contributed by atoms with E-state index in [0.717, 1.165) is 5.69 Å². The van der Waals surface area contributed by atoms with Crippen LogP contribution in [-0.2, 0) is 0 Å². The van der Waals surface area contributed by atoms with E-state index in [2.05, 4.69) is 63.0 Å². The van der Waals surface area contributed by atoms with E-state index in [1.165, 1.54) is 16.7 Å². The van der Waals surface area contributed by atoms with Gasteiger partial charge in [-0.2, -0.15) is 0 Å². The second-order valence-corrected chi connectivity index (χ2v) is 5.37. The highest BCUT2D eigenvalue weighted by Crippen LogP contribution is 2.29. The smallest absolute Gasteiger partial charge is 0.0705 e. The van der Waals surface area contributed by atoms with Crippen LogP contribution in [0.25, 0.3) is 11.3 Å². The molecule has 0 bridgehead atoms. The molecular weight excluding hydrogens is 218 g/mol. The van der Waals surface area contributed by atoms with Crippen LogP contribution in [0.3, 0.4) is 0 Å². The van der Waals surface area contributed by atoms with Gasteiger partial charge in [-0.05, 0) is 29.0 Å². The van der Waals surface area contributed by atoms with E-state index < -0.39 is 0 Å². The Morgan fingerprint density at radius 1 is 0.833 bits per heavy atom. The van der Waals surface area contributed by atoms with Crippen LogP contribution in [0, 0.1) is 0 Å². The predicted molar refractivity (Wildman–Crippen MR) is 77.9 cm³/mol. The normalized spacial score (nSPS) is 11.2. The summed E-state index contributed by atoms with van der Waals surface area (Å²) in [5.41, 5.74) is 5.04. The van der Waals surface area contributed by atoms with Crippen LogP contribution in [0.4, 0.5) is 0 Å². The van der Waals surface area contributed by atoms with Gasteiger partial charge in [-0.15, -0.1) is 0 Å². The molecular formula is C17H21N. The molecule has 0 aliphatic rings. The molecule has 18 heavy (non-hydrogen) atoms. The van der Waals surface area contributed by atoms with Gasteiger partial charge in [0.15, 0.2) is 0 Å². The number of hydrogen-bond acceptors (Lipinski definition) is 1. The molecule has 2 aromatic rings. The SMILES string of the molecule is CC(C)c1cnc(-c2ccccc2)cc1C(C)C. The molecule has 0 aliphatic heterocycles. The summed E-state index contributed by atoms with van der Waals surface area (Å²) in [6, 6.07) is 12.6. The number of benzene rings is 1. The van der Waals surface area contributed by atoms with Gasteiger partial charge in [-0.3, -0.25) is 4.98 Å². The highest BCUT2D eigenvalue weighted by molar-refractivity contribution is 5.60. The van der Waals surface area contributed by atoms with Crippen LogP contribution in [0.5, 0.6) is 0 Å². The molecule has 0 spiro atoms. The second kappa shape index (κ2) is 5.34. The molecule has 0 aliphatic carbocycles. The summed E-state index contributed by atoms with van der Waals surface area (Å²) in [6.45, 7) is 8.95. The van der Waals surface area contributed by atoms with Gasteiger partial charge in [0.25, 0.3) is 0 Å². The van der Waals surface area contributed by atoms with Gasteiger partial charge < -0.3 is 0 Å². The number of rotatable bonds is 3. The van der Waals surface area contributed by atoms with Gasteiger partial charge in [0.1, 0.15) is 0 Å². The number of aromatic nitrogens is 1. The van der Waals surface area contributed by atoms with Crippen molar-refractivity contribution in [3.8, 4) is 11.3 Å². The minimum Gasteiger partial charge on any atom is -0.256 e. The van der Waals surface area contributed by atoms with Crippen molar-refractivity contribution in [2.75, 3.05) is 0 Å². The Balaban J connectivity index is 2.50. The minimum atomic E-state index is 0.528. The van der Waals surface area contributed by atoms with Crippen molar-refractivity contribution in [2.45, 2.75) is 39.5 Å². The van der Waals surface area contributed by atoms with Crippen LogP contribution < -0.4 is 0 Å². The predicted octanol–water partition coefficient (Wildman–Crippen LogP) is 5.00. The van der Waals surface area contributed by atoms with E-state index >= 15 is 0 Å². The summed E-state index contributed by atoms with van der Waals surface area (Å²) >= 11 is 0. The Kier molecular flexibility index (Phi) is 3.81. The molecule has 0 unspecified atom stereocenters. The molecule has 2 rings (SSSR count). The molecule has 1 aromatic heterocycles. The quantitative estimate of drug-likeness (QED) is 0.735. The summed E-state index contributed by atoms with van der Waals surface area (Å²) in [5.74, 6) is 1.06. The molecule has 1 aromatic carbocycles. The molecule has 0 N–H and O–H groups in total. The first-order valence-corrected chi connectivity index (χ1v) is 6.65. The van der Waals surface area contributed by atoms with Crippen molar-refractivity contribution in [2.24, 2.45) is 0 Å². The van der Waals surface area contributed by atoms with Crippen LogP contribution in [0.15, 0.2) is 42.6 Å². The molecule has 0 radical (unpaired) electrons. The minimum absolute atomic E-state index is 0.528. The summed E-state index contributed by atoms with van der Waals surface area (Å²) in [4.78, 5) is 4.61. The average Bonchev–Trinajstić information content (AvgIpc) is 2.39. The van der Waals surface area contributed by atoms with Crippen LogP contribution in [0.2, 0.25) is 0 Å². The zero-order chi connectivity index (χ0) is 13.1. The van der Waals surface area contributed by atoms with Crippen molar-refractivity contribution in [3.63, 3.8) is 0 Å². The highest BCUT2D eigenvalue weighted by Gasteiger charge is 2.12. The van der Waals surface area contributed by atoms with E-state index in [0.29, 0.717) is 11.8 Å². The molecule has 0 atom stereocenters. The van der Waals surface area contributed by atoms with Gasteiger partial charge in [0.05, 0.1) is 5.69 Å². The van der Waals surface area contributed by atoms with Crippen LogP contribution >= 0.6 is 0 Å². The van der Waals surface area contributed by atoms with E-state index in [9.17, 15) is 0 Å². The standard InChI is InChI=1S/C17H21N/c1-12(2)15-10-17(14-8-6-5-7-9-14)18-11-16(15)13(3)4/h5-13H,1-4H3. The fourth-order valence-electron chi connectivity index (χ4n) is 2.23. The first kappa shape index (κ1) is 12.8. The maximum Gasteiger partial charge on any atom is 0.0705 e. The van der Waals surface area contributed by atoms with Crippen molar-refractivity contribution in [3.05, 3.63) is 53.7 Å². The van der Waals surface area contributed by atoms with Gasteiger partial charge in [-0.25, -0.2) is 0 Å². The Labute approximate surface area is 110 Å². The number of hydrogen-bond donors (Lipinski definition) is 0. The maximum absolute atomic E-state index is 4.61. The van der Waals surface area contributed by atoms with Gasteiger partial charge in [0.2, 0.25) is 0 Å². The van der Waals surface area contributed by atoms with Crippen molar-refractivity contribution < 1.29 is 0 Å². The van der Waals surface area contributed by atoms with Crippen molar-refractivity contribution in [1.82, 2.24) is 4.98 Å². The summed E-state index contributed by atoms with van der Waals surface area (Å²) in [7, 11) is 0. The molecule has 1 heterocycles. The summed E-state index contributed by atoms with van der Waals surface area (Å²) in [5, 5.41) is 0. The Morgan fingerprint density at radius 3 is 2.00 bits per heavy atom. The van der Waals surface area contributed by atoms with Gasteiger partial charge >= 0.3 is 0 Å². The Morgan fingerprint density at radius 2 is 1.44 bits per heavy atom. The zero-order valence-corrected chi connectivity index (χ0v) is 11.6. The van der Waals surface area contributed by atoms with E-state index in [1.54, 1.807) is 0 Å². The molecule has 0 fully saturated rings. The van der Waals surface area contributed by atoms with Gasteiger partial charge in [0, 0.05) is 11.8 Å². The second-order valence-electron chi connectivity index (χ2n) is 5.37. The fourth-order valence-corrected chi connectivity index (χ4v) is 2.23. The summed E-state index contributed by atoms with van der Waals surface area (Å²) in [6.07, 6.45) is 2.04. The third-order valence-corrected chi connectivity index (χ3v) is 3.28. The van der Waals surface area contributed by atoms with Gasteiger partial charge in [-0.1, -0.05) is 58.0 Å². The summed E-state index contributed by atoms with van der Waals surface area (Å²) < 4.78 is 0. The molecule has 1 nitrogen and oxygen atoms in total. The van der Waals surface area contributed by atoms with Crippen molar-refractivity contribution in [1.29, 1.82) is 0 Å². The fraction of sp³-hybridized carbons (Fsp3) is 0.353. The lowest BCUT2D eigenvalue weighted by Gasteiger charge is -2.16. The molecule has 94 valence electrons. The Bertz CT molecular complexity index is 512. The Hall–Kier alpha value is -1.63. The molecule has 0 saturated carbocycles. The lowest BCUT2D eigenvalue weighted by molar-refractivity contribution is 0.783. The lowest BCUT2D eigenvalue weighted by Crippen LogP contribution is -2.00. The van der Waals surface area contributed by atoms with E-state index in [4.69, 9.17) is 0 Å². The third kappa shape index (κ3) is 2.61. The van der Waals surface area contributed by atoms with E-state index in [-0.39, 0.29) is 0 Å². The first-order chi connectivity index (χ1) is 8.59. The zero-order valence-electron chi connectivity index (χ0n) is 11.6. The topological polar surface area (TPSA) is 12.9 Å². The molecule has 0 amide bonds.